The molecule has 0 unspecified atom stereocenters. The molecule has 1 aromatic carbocycles. The molecule has 16 heavy (non-hydrogen) atoms. The van der Waals surface area contributed by atoms with Gasteiger partial charge in [-0.15, -0.1) is 0 Å². The third-order valence-electron chi connectivity index (χ3n) is 3.03. The van der Waals surface area contributed by atoms with Crippen LogP contribution in [-0.4, -0.2) is 19.3 Å². The Kier molecular flexibility index (Phi) is 3.59. The molecule has 1 heterocycles. The van der Waals surface area contributed by atoms with E-state index >= 15 is 0 Å². The molecule has 3 heteroatoms. The number of ether oxygens (including phenoxy) is 2. The zero-order chi connectivity index (χ0) is 11.4. The number of nitrogens with two attached hydrogens (primary N) is 1. The minimum atomic E-state index is -0.554. The van der Waals surface area contributed by atoms with Crippen LogP contribution in [0.3, 0.4) is 0 Å². The van der Waals surface area contributed by atoms with E-state index in [0.717, 1.165) is 18.4 Å². The van der Waals surface area contributed by atoms with Crippen molar-refractivity contribution in [3.05, 3.63) is 35.9 Å². The van der Waals surface area contributed by atoms with E-state index in [0.29, 0.717) is 13.2 Å². The summed E-state index contributed by atoms with van der Waals surface area (Å²) in [6.45, 7) is 3.36. The Bertz CT molecular complexity index is 328. The van der Waals surface area contributed by atoms with E-state index in [1.807, 2.05) is 30.3 Å². The maximum absolute atomic E-state index is 6.02. The summed E-state index contributed by atoms with van der Waals surface area (Å²) < 4.78 is 11.9. The highest BCUT2D eigenvalue weighted by Crippen LogP contribution is 2.37. The monoisotopic (exact) mass is 221 g/mol. The maximum Gasteiger partial charge on any atom is 0.195 e. The van der Waals surface area contributed by atoms with E-state index in [-0.39, 0.29) is 6.10 Å². The molecule has 0 radical (unpaired) electrons. The van der Waals surface area contributed by atoms with Gasteiger partial charge >= 0.3 is 0 Å². The van der Waals surface area contributed by atoms with E-state index in [4.69, 9.17) is 15.2 Å². The first-order valence-corrected chi connectivity index (χ1v) is 5.88. The van der Waals surface area contributed by atoms with Crippen molar-refractivity contribution >= 4 is 0 Å². The predicted octanol–water partition coefficient (Wildman–Crippen LogP) is 2.01. The smallest absolute Gasteiger partial charge is 0.195 e. The molecule has 1 saturated heterocycles. The van der Waals surface area contributed by atoms with Crippen LogP contribution in [0.1, 0.15) is 25.3 Å². The molecule has 1 aromatic rings. The number of hydrogen-bond acceptors (Lipinski definition) is 3. The highest BCUT2D eigenvalue weighted by atomic mass is 16.7. The first-order chi connectivity index (χ1) is 7.80. The van der Waals surface area contributed by atoms with Gasteiger partial charge in [0.1, 0.15) is 0 Å². The number of hydrogen-bond donors (Lipinski definition) is 1. The maximum atomic E-state index is 6.02. The van der Waals surface area contributed by atoms with Gasteiger partial charge in [0.15, 0.2) is 5.79 Å². The summed E-state index contributed by atoms with van der Waals surface area (Å²) in [5, 5.41) is 0. The standard InChI is InChI=1S/C13H19NO2/c1-2-13(11-6-4-3-5-7-11)15-10-12(16-13)8-9-14/h3-7,12H,2,8-10,14H2,1H3/t12-,13-/m0/s1. The molecule has 2 rings (SSSR count). The average Bonchev–Trinajstić information content (AvgIpc) is 2.76. The minimum absolute atomic E-state index is 0.130. The lowest BCUT2D eigenvalue weighted by atomic mass is 10.0. The topological polar surface area (TPSA) is 44.5 Å². The van der Waals surface area contributed by atoms with Crippen molar-refractivity contribution < 1.29 is 9.47 Å². The molecular formula is C13H19NO2. The molecule has 1 aliphatic rings. The van der Waals surface area contributed by atoms with Crippen molar-refractivity contribution in [1.29, 1.82) is 0 Å². The molecule has 1 aliphatic heterocycles. The Morgan fingerprint density at radius 1 is 1.38 bits per heavy atom. The molecule has 2 N–H and O–H groups in total. The van der Waals surface area contributed by atoms with Crippen molar-refractivity contribution in [2.45, 2.75) is 31.7 Å². The van der Waals surface area contributed by atoms with Crippen molar-refractivity contribution in [2.75, 3.05) is 13.2 Å². The van der Waals surface area contributed by atoms with Gasteiger partial charge in [0.25, 0.3) is 0 Å². The van der Waals surface area contributed by atoms with Gasteiger partial charge in [-0.1, -0.05) is 37.3 Å². The fourth-order valence-corrected chi connectivity index (χ4v) is 2.13. The highest BCUT2D eigenvalue weighted by molar-refractivity contribution is 5.21. The molecule has 0 saturated carbocycles. The highest BCUT2D eigenvalue weighted by Gasteiger charge is 2.41. The van der Waals surface area contributed by atoms with Crippen LogP contribution in [0.4, 0.5) is 0 Å². The van der Waals surface area contributed by atoms with Crippen molar-refractivity contribution in [3.8, 4) is 0 Å². The fraction of sp³-hybridized carbons (Fsp3) is 0.538. The Balaban J connectivity index is 2.16. The summed E-state index contributed by atoms with van der Waals surface area (Å²) in [6, 6.07) is 10.1. The summed E-state index contributed by atoms with van der Waals surface area (Å²) in [6.07, 6.45) is 1.80. The Morgan fingerprint density at radius 3 is 2.75 bits per heavy atom. The van der Waals surface area contributed by atoms with E-state index in [1.54, 1.807) is 0 Å². The Morgan fingerprint density at radius 2 is 2.12 bits per heavy atom. The van der Waals surface area contributed by atoms with E-state index in [2.05, 4.69) is 6.92 Å². The molecule has 1 fully saturated rings. The number of benzene rings is 1. The molecular weight excluding hydrogens is 202 g/mol. The van der Waals surface area contributed by atoms with Crippen molar-refractivity contribution in [1.82, 2.24) is 0 Å². The third-order valence-corrected chi connectivity index (χ3v) is 3.03. The molecule has 0 spiro atoms. The normalized spacial score (nSPS) is 29.5. The van der Waals surface area contributed by atoms with E-state index < -0.39 is 5.79 Å². The summed E-state index contributed by atoms with van der Waals surface area (Å²) >= 11 is 0. The quantitative estimate of drug-likeness (QED) is 0.846. The second-order valence-electron chi connectivity index (χ2n) is 4.10. The zero-order valence-electron chi connectivity index (χ0n) is 9.69. The Hall–Kier alpha value is -0.900. The lowest BCUT2D eigenvalue weighted by Gasteiger charge is -2.27. The van der Waals surface area contributed by atoms with Crippen molar-refractivity contribution in [2.24, 2.45) is 5.73 Å². The van der Waals surface area contributed by atoms with Crippen LogP contribution in [0.2, 0.25) is 0 Å². The van der Waals surface area contributed by atoms with Crippen LogP contribution < -0.4 is 5.73 Å². The average molecular weight is 221 g/mol. The number of rotatable bonds is 4. The minimum Gasteiger partial charge on any atom is -0.343 e. The molecule has 3 nitrogen and oxygen atoms in total. The second-order valence-corrected chi connectivity index (χ2v) is 4.10. The van der Waals surface area contributed by atoms with Gasteiger partial charge in [-0.3, -0.25) is 0 Å². The SMILES string of the molecule is CC[C@]1(c2ccccc2)OC[C@H](CCN)O1. The summed E-state index contributed by atoms with van der Waals surface area (Å²) in [4.78, 5) is 0. The van der Waals surface area contributed by atoms with Gasteiger partial charge in [0, 0.05) is 12.0 Å². The van der Waals surface area contributed by atoms with Crippen LogP contribution in [0, 0.1) is 0 Å². The van der Waals surface area contributed by atoms with Gasteiger partial charge in [0.2, 0.25) is 0 Å². The lowest BCUT2D eigenvalue weighted by molar-refractivity contribution is -0.179. The van der Waals surface area contributed by atoms with Gasteiger partial charge < -0.3 is 15.2 Å². The molecule has 0 bridgehead atoms. The summed E-state index contributed by atoms with van der Waals surface area (Å²) in [7, 11) is 0. The van der Waals surface area contributed by atoms with Crippen LogP contribution in [0.25, 0.3) is 0 Å². The van der Waals surface area contributed by atoms with Crippen LogP contribution in [0.5, 0.6) is 0 Å². The van der Waals surface area contributed by atoms with Crippen LogP contribution in [-0.2, 0) is 15.3 Å². The summed E-state index contributed by atoms with van der Waals surface area (Å²) in [5.41, 5.74) is 6.64. The van der Waals surface area contributed by atoms with Crippen molar-refractivity contribution in [3.63, 3.8) is 0 Å². The Labute approximate surface area is 96.5 Å². The molecule has 0 aromatic heterocycles. The zero-order valence-corrected chi connectivity index (χ0v) is 9.69. The van der Waals surface area contributed by atoms with E-state index in [1.165, 1.54) is 0 Å². The lowest BCUT2D eigenvalue weighted by Crippen LogP contribution is -2.27. The van der Waals surface area contributed by atoms with Crippen LogP contribution >= 0.6 is 0 Å². The third kappa shape index (κ3) is 2.12. The largest absolute Gasteiger partial charge is 0.343 e. The molecule has 2 atom stereocenters. The molecule has 0 amide bonds. The summed E-state index contributed by atoms with van der Waals surface area (Å²) in [5.74, 6) is -0.554. The fourth-order valence-electron chi connectivity index (χ4n) is 2.13. The first kappa shape index (κ1) is 11.6. The van der Waals surface area contributed by atoms with Gasteiger partial charge in [-0.05, 0) is 13.0 Å². The second kappa shape index (κ2) is 4.95. The first-order valence-electron chi connectivity index (χ1n) is 5.88. The van der Waals surface area contributed by atoms with Gasteiger partial charge in [-0.2, -0.15) is 0 Å². The van der Waals surface area contributed by atoms with Crippen LogP contribution in [0.15, 0.2) is 30.3 Å². The van der Waals surface area contributed by atoms with E-state index in [9.17, 15) is 0 Å². The molecule has 88 valence electrons. The van der Waals surface area contributed by atoms with Gasteiger partial charge in [0.05, 0.1) is 12.7 Å². The van der Waals surface area contributed by atoms with Gasteiger partial charge in [-0.25, -0.2) is 0 Å². The molecule has 0 aliphatic carbocycles. The predicted molar refractivity (Wildman–Crippen MR) is 62.9 cm³/mol.